The SMILES string of the molecule is CC1CCC(NC(=O)N(C)CC(N)=O)(C(=O)O)CC1. The Morgan fingerprint density at radius 1 is 1.37 bits per heavy atom. The van der Waals surface area contributed by atoms with Crippen LogP contribution in [-0.2, 0) is 9.59 Å². The van der Waals surface area contributed by atoms with Crippen LogP contribution in [0.15, 0.2) is 0 Å². The number of carboxylic acids is 1. The summed E-state index contributed by atoms with van der Waals surface area (Å²) in [7, 11) is 1.40. The van der Waals surface area contributed by atoms with Gasteiger partial charge in [0, 0.05) is 7.05 Å². The maximum atomic E-state index is 11.9. The van der Waals surface area contributed by atoms with Crippen LogP contribution in [-0.4, -0.2) is 47.0 Å². The lowest BCUT2D eigenvalue weighted by atomic mass is 9.77. The van der Waals surface area contributed by atoms with Crippen molar-refractivity contribution >= 4 is 17.9 Å². The van der Waals surface area contributed by atoms with Crippen molar-refractivity contribution in [3.8, 4) is 0 Å². The number of urea groups is 1. The van der Waals surface area contributed by atoms with E-state index < -0.39 is 23.4 Å². The highest BCUT2D eigenvalue weighted by Crippen LogP contribution is 2.32. The van der Waals surface area contributed by atoms with Crippen molar-refractivity contribution in [3.05, 3.63) is 0 Å². The van der Waals surface area contributed by atoms with Crippen molar-refractivity contribution in [2.45, 2.75) is 38.1 Å². The molecule has 108 valence electrons. The Balaban J connectivity index is 2.71. The third-order valence-electron chi connectivity index (χ3n) is 3.62. The lowest BCUT2D eigenvalue weighted by Crippen LogP contribution is -2.59. The smallest absolute Gasteiger partial charge is 0.329 e. The van der Waals surface area contributed by atoms with Gasteiger partial charge < -0.3 is 21.1 Å². The van der Waals surface area contributed by atoms with Crippen LogP contribution >= 0.6 is 0 Å². The number of rotatable bonds is 4. The Morgan fingerprint density at radius 3 is 2.32 bits per heavy atom. The van der Waals surface area contributed by atoms with E-state index in [4.69, 9.17) is 5.73 Å². The fourth-order valence-electron chi connectivity index (χ4n) is 2.25. The van der Waals surface area contributed by atoms with Gasteiger partial charge >= 0.3 is 12.0 Å². The Morgan fingerprint density at radius 2 is 1.89 bits per heavy atom. The van der Waals surface area contributed by atoms with Gasteiger partial charge in [-0.1, -0.05) is 6.92 Å². The van der Waals surface area contributed by atoms with Gasteiger partial charge in [-0.3, -0.25) is 4.79 Å². The molecule has 1 aliphatic rings. The van der Waals surface area contributed by atoms with Crippen LogP contribution in [0.2, 0.25) is 0 Å². The van der Waals surface area contributed by atoms with Gasteiger partial charge in [-0.25, -0.2) is 9.59 Å². The van der Waals surface area contributed by atoms with E-state index in [1.165, 1.54) is 7.05 Å². The first-order valence-electron chi connectivity index (χ1n) is 6.32. The molecule has 0 aromatic carbocycles. The third-order valence-corrected chi connectivity index (χ3v) is 3.62. The summed E-state index contributed by atoms with van der Waals surface area (Å²) in [5.41, 5.74) is 3.77. The van der Waals surface area contributed by atoms with Crippen LogP contribution in [0.4, 0.5) is 4.79 Å². The molecule has 19 heavy (non-hydrogen) atoms. The number of nitrogens with one attached hydrogen (secondary N) is 1. The van der Waals surface area contributed by atoms with Crippen molar-refractivity contribution in [1.82, 2.24) is 10.2 Å². The number of carbonyl (C=O) groups is 3. The number of primary amides is 1. The lowest BCUT2D eigenvalue weighted by Gasteiger charge is -2.37. The fraction of sp³-hybridized carbons (Fsp3) is 0.750. The Kier molecular flexibility index (Phi) is 4.74. The second-order valence-corrected chi connectivity index (χ2v) is 5.32. The van der Waals surface area contributed by atoms with Gasteiger partial charge in [0.15, 0.2) is 0 Å². The van der Waals surface area contributed by atoms with Gasteiger partial charge in [-0.15, -0.1) is 0 Å². The van der Waals surface area contributed by atoms with E-state index in [0.29, 0.717) is 18.8 Å². The topological polar surface area (TPSA) is 113 Å². The van der Waals surface area contributed by atoms with E-state index in [1.54, 1.807) is 0 Å². The molecular formula is C12H21N3O4. The van der Waals surface area contributed by atoms with E-state index in [2.05, 4.69) is 12.2 Å². The molecule has 1 aliphatic carbocycles. The van der Waals surface area contributed by atoms with Crippen LogP contribution < -0.4 is 11.1 Å². The summed E-state index contributed by atoms with van der Waals surface area (Å²) in [6, 6.07) is -0.587. The van der Waals surface area contributed by atoms with E-state index in [-0.39, 0.29) is 6.54 Å². The zero-order valence-electron chi connectivity index (χ0n) is 11.3. The summed E-state index contributed by atoms with van der Waals surface area (Å²) in [6.45, 7) is 1.82. The van der Waals surface area contributed by atoms with Gasteiger partial charge in [0.2, 0.25) is 5.91 Å². The van der Waals surface area contributed by atoms with Gasteiger partial charge in [-0.05, 0) is 31.6 Å². The Labute approximate surface area is 112 Å². The monoisotopic (exact) mass is 271 g/mol. The molecule has 3 amide bonds. The number of hydrogen-bond acceptors (Lipinski definition) is 3. The first kappa shape index (κ1) is 15.3. The summed E-state index contributed by atoms with van der Waals surface area (Å²) < 4.78 is 0. The number of carboxylic acid groups (broad SMARTS) is 1. The highest BCUT2D eigenvalue weighted by atomic mass is 16.4. The number of hydrogen-bond donors (Lipinski definition) is 3. The summed E-state index contributed by atoms with van der Waals surface area (Å²) in [5.74, 6) is -1.20. The van der Waals surface area contributed by atoms with Crippen LogP contribution in [0.1, 0.15) is 32.6 Å². The van der Waals surface area contributed by atoms with Crippen molar-refractivity contribution < 1.29 is 19.5 Å². The van der Waals surface area contributed by atoms with Crippen LogP contribution in [0, 0.1) is 5.92 Å². The summed E-state index contributed by atoms with van der Waals surface area (Å²) >= 11 is 0. The summed E-state index contributed by atoms with van der Waals surface area (Å²) in [4.78, 5) is 35.2. The average molecular weight is 271 g/mol. The van der Waals surface area contributed by atoms with Crippen LogP contribution in [0.25, 0.3) is 0 Å². The van der Waals surface area contributed by atoms with E-state index in [0.717, 1.165) is 17.7 Å². The molecule has 1 rings (SSSR count). The largest absolute Gasteiger partial charge is 0.480 e. The summed E-state index contributed by atoms with van der Waals surface area (Å²) in [5, 5.41) is 11.9. The van der Waals surface area contributed by atoms with E-state index in [9.17, 15) is 19.5 Å². The number of nitrogens with two attached hydrogens (primary N) is 1. The number of aliphatic carboxylic acids is 1. The molecule has 7 heteroatoms. The average Bonchev–Trinajstić information content (AvgIpc) is 2.31. The molecule has 0 radical (unpaired) electrons. The van der Waals surface area contributed by atoms with Crippen molar-refractivity contribution in [2.24, 2.45) is 11.7 Å². The minimum Gasteiger partial charge on any atom is -0.480 e. The molecule has 7 nitrogen and oxygen atoms in total. The first-order chi connectivity index (χ1) is 8.77. The molecule has 1 saturated carbocycles. The van der Waals surface area contributed by atoms with Crippen LogP contribution in [0.5, 0.6) is 0 Å². The second-order valence-electron chi connectivity index (χ2n) is 5.32. The summed E-state index contributed by atoms with van der Waals surface area (Å²) in [6.07, 6.45) is 2.32. The quantitative estimate of drug-likeness (QED) is 0.675. The lowest BCUT2D eigenvalue weighted by molar-refractivity contribution is -0.146. The van der Waals surface area contributed by atoms with Crippen molar-refractivity contribution in [1.29, 1.82) is 0 Å². The molecule has 0 unspecified atom stereocenters. The minimum atomic E-state index is -1.23. The Bertz CT molecular complexity index is 375. The maximum absolute atomic E-state index is 11.9. The molecular weight excluding hydrogens is 250 g/mol. The predicted molar refractivity (Wildman–Crippen MR) is 68.4 cm³/mol. The first-order valence-corrected chi connectivity index (χ1v) is 6.32. The molecule has 0 aromatic heterocycles. The normalized spacial score (nSPS) is 26.5. The van der Waals surface area contributed by atoms with Gasteiger partial charge in [0.1, 0.15) is 12.1 Å². The van der Waals surface area contributed by atoms with Crippen molar-refractivity contribution in [3.63, 3.8) is 0 Å². The zero-order chi connectivity index (χ0) is 14.6. The molecule has 1 fully saturated rings. The van der Waals surface area contributed by atoms with Gasteiger partial charge in [-0.2, -0.15) is 0 Å². The van der Waals surface area contributed by atoms with Crippen molar-refractivity contribution in [2.75, 3.05) is 13.6 Å². The molecule has 0 aliphatic heterocycles. The standard InChI is InChI=1S/C12H21N3O4/c1-8-3-5-12(6-4-8,10(17)18)14-11(19)15(2)7-9(13)16/h8H,3-7H2,1-2H3,(H2,13,16)(H,14,19)(H,17,18). The van der Waals surface area contributed by atoms with E-state index >= 15 is 0 Å². The molecule has 0 spiro atoms. The number of amides is 3. The van der Waals surface area contributed by atoms with Gasteiger partial charge in [0.25, 0.3) is 0 Å². The molecule has 0 atom stereocenters. The van der Waals surface area contributed by atoms with Gasteiger partial charge in [0.05, 0.1) is 0 Å². The molecule has 0 bridgehead atoms. The number of nitrogens with zero attached hydrogens (tertiary/aromatic N) is 1. The fourth-order valence-corrected chi connectivity index (χ4v) is 2.25. The molecule has 0 heterocycles. The third kappa shape index (κ3) is 3.84. The predicted octanol–water partition coefficient (Wildman–Crippen LogP) is 0.147. The van der Waals surface area contributed by atoms with E-state index in [1.807, 2.05) is 0 Å². The number of likely N-dealkylation sites (N-methyl/N-ethyl adjacent to an activating group) is 1. The highest BCUT2D eigenvalue weighted by molar-refractivity contribution is 5.88. The van der Waals surface area contributed by atoms with Crippen LogP contribution in [0.3, 0.4) is 0 Å². The highest BCUT2D eigenvalue weighted by Gasteiger charge is 2.43. The molecule has 0 aromatic rings. The zero-order valence-corrected chi connectivity index (χ0v) is 11.3. The molecule has 4 N–H and O–H groups in total. The second kappa shape index (κ2) is 5.90. The maximum Gasteiger partial charge on any atom is 0.329 e. The Hall–Kier alpha value is -1.79. The number of carbonyl (C=O) groups excluding carboxylic acids is 2. The minimum absolute atomic E-state index is 0.238. The molecule has 0 saturated heterocycles.